The lowest BCUT2D eigenvalue weighted by molar-refractivity contribution is 0.446. The van der Waals surface area contributed by atoms with Crippen LogP contribution in [0.15, 0.2) is 200 Å². The van der Waals surface area contributed by atoms with Crippen molar-refractivity contribution in [1.82, 2.24) is 0 Å². The smallest absolute Gasteiger partial charge is 0.131 e. The van der Waals surface area contributed by atoms with Gasteiger partial charge in [-0.05, 0) is 104 Å². The second kappa shape index (κ2) is 11.8. The molecular formula is C49H33NO. The molecule has 1 atom stereocenters. The Hall–Kier alpha value is -6.64. The van der Waals surface area contributed by atoms with Crippen molar-refractivity contribution >= 4 is 27.8 Å². The number of hydrogen-bond donors (Lipinski definition) is 0. The molecule has 0 aromatic heterocycles. The molecule has 1 aliphatic heterocycles. The first-order valence-corrected chi connectivity index (χ1v) is 17.5. The fourth-order valence-electron chi connectivity index (χ4n) is 8.25. The molecule has 2 nitrogen and oxygen atoms in total. The third kappa shape index (κ3) is 4.65. The molecule has 0 amide bonds. The van der Waals surface area contributed by atoms with Crippen molar-refractivity contribution in [2.24, 2.45) is 0 Å². The van der Waals surface area contributed by atoms with Crippen LogP contribution in [-0.2, 0) is 5.41 Å². The van der Waals surface area contributed by atoms with Crippen LogP contribution in [0.4, 0.5) is 17.1 Å². The molecule has 2 heteroatoms. The second-order valence-corrected chi connectivity index (χ2v) is 13.3. The summed E-state index contributed by atoms with van der Waals surface area (Å²) in [5, 5.41) is 2.51. The van der Waals surface area contributed by atoms with Crippen molar-refractivity contribution in [3.63, 3.8) is 0 Å². The highest BCUT2D eigenvalue weighted by atomic mass is 16.5. The molecule has 2 aliphatic rings. The van der Waals surface area contributed by atoms with Gasteiger partial charge in [0.1, 0.15) is 5.75 Å². The summed E-state index contributed by atoms with van der Waals surface area (Å²) >= 11 is 0. The maximum Gasteiger partial charge on any atom is 0.131 e. The van der Waals surface area contributed by atoms with Gasteiger partial charge in [0.05, 0.1) is 11.7 Å². The number of ether oxygens (including phenoxy) is 1. The van der Waals surface area contributed by atoms with Crippen molar-refractivity contribution in [3.8, 4) is 39.1 Å². The summed E-state index contributed by atoms with van der Waals surface area (Å²) in [5.41, 5.74) is 13.9. The maximum atomic E-state index is 6.09. The minimum atomic E-state index is -0.460. The summed E-state index contributed by atoms with van der Waals surface area (Å²) in [5.74, 6) is 0.894. The fraction of sp³-hybridized carbons (Fsp3) is 0.0204. The van der Waals surface area contributed by atoms with E-state index in [1.54, 1.807) is 0 Å². The monoisotopic (exact) mass is 651 g/mol. The highest BCUT2D eigenvalue weighted by molar-refractivity contribution is 5.97. The van der Waals surface area contributed by atoms with Crippen LogP contribution in [0.5, 0.6) is 5.75 Å². The Labute approximate surface area is 298 Å². The van der Waals surface area contributed by atoms with E-state index in [1.807, 2.05) is 12.3 Å². The van der Waals surface area contributed by atoms with E-state index in [0.29, 0.717) is 0 Å². The Bertz CT molecular complexity index is 2600. The Morgan fingerprint density at radius 1 is 0.392 bits per heavy atom. The van der Waals surface area contributed by atoms with E-state index >= 15 is 0 Å². The third-order valence-electron chi connectivity index (χ3n) is 10.6. The molecule has 8 aromatic carbocycles. The van der Waals surface area contributed by atoms with Crippen LogP contribution < -0.4 is 9.64 Å². The average Bonchev–Trinajstić information content (AvgIpc) is 3.48. The molecule has 0 fully saturated rings. The highest BCUT2D eigenvalue weighted by Gasteiger charge is 2.46. The van der Waals surface area contributed by atoms with Crippen molar-refractivity contribution in [3.05, 3.63) is 217 Å². The van der Waals surface area contributed by atoms with Crippen LogP contribution in [0, 0.1) is 0 Å². The van der Waals surface area contributed by atoms with Crippen molar-refractivity contribution in [2.75, 3.05) is 4.90 Å². The Morgan fingerprint density at radius 2 is 0.980 bits per heavy atom. The van der Waals surface area contributed by atoms with Gasteiger partial charge >= 0.3 is 0 Å². The van der Waals surface area contributed by atoms with Crippen LogP contribution in [0.25, 0.3) is 44.2 Å². The van der Waals surface area contributed by atoms with Gasteiger partial charge in [0.15, 0.2) is 0 Å². The molecular weight excluding hydrogens is 619 g/mol. The molecule has 1 spiro atoms. The topological polar surface area (TPSA) is 12.5 Å². The highest BCUT2D eigenvalue weighted by Crippen LogP contribution is 2.57. The molecule has 0 saturated carbocycles. The lowest BCUT2D eigenvalue weighted by Crippen LogP contribution is -2.27. The normalized spacial score (nSPS) is 15.2. The van der Waals surface area contributed by atoms with Gasteiger partial charge in [-0.1, -0.05) is 146 Å². The van der Waals surface area contributed by atoms with Gasteiger partial charge in [-0.25, -0.2) is 0 Å². The number of nitrogens with zero attached hydrogens (tertiary/aromatic N) is 1. The van der Waals surface area contributed by atoms with Crippen LogP contribution in [0.3, 0.4) is 0 Å². The number of anilines is 3. The minimum absolute atomic E-state index is 0.460. The van der Waals surface area contributed by atoms with Gasteiger partial charge in [-0.3, -0.25) is 0 Å². The Kier molecular flexibility index (Phi) is 6.75. The molecule has 0 saturated heterocycles. The molecule has 0 bridgehead atoms. The lowest BCUT2D eigenvalue weighted by atomic mass is 9.71. The average molecular weight is 652 g/mol. The largest absolute Gasteiger partial charge is 0.465 e. The van der Waals surface area contributed by atoms with E-state index in [0.717, 1.165) is 28.4 Å². The standard InChI is InChI=1S/C49H33NO/c1-2-11-34(12-3-1)35-21-25-38(26-22-35)50(39-27-23-37(24-28-39)42-17-10-14-36-13-4-5-15-41(36)42)40-29-30-44-43-16-6-7-18-45(43)49(47(44)33-40)31-32-51-48-20-9-8-19-46(48)49/h1-33H. The van der Waals surface area contributed by atoms with E-state index in [4.69, 9.17) is 4.74 Å². The number of fused-ring (bicyclic) bond motifs is 8. The first kappa shape index (κ1) is 29.3. The van der Waals surface area contributed by atoms with Crippen LogP contribution in [0.1, 0.15) is 16.7 Å². The van der Waals surface area contributed by atoms with Gasteiger partial charge in [-0.2, -0.15) is 0 Å². The summed E-state index contributed by atoms with van der Waals surface area (Å²) in [7, 11) is 0. The Morgan fingerprint density at radius 3 is 1.80 bits per heavy atom. The van der Waals surface area contributed by atoms with E-state index < -0.39 is 5.41 Å². The summed E-state index contributed by atoms with van der Waals surface area (Å²) in [6.07, 6.45) is 4.11. The van der Waals surface area contributed by atoms with Gasteiger partial charge in [0.2, 0.25) is 0 Å². The number of rotatable bonds is 5. The number of benzene rings is 8. The molecule has 240 valence electrons. The predicted octanol–water partition coefficient (Wildman–Crippen LogP) is 12.9. The van der Waals surface area contributed by atoms with Gasteiger partial charge in [0, 0.05) is 22.6 Å². The third-order valence-corrected chi connectivity index (χ3v) is 10.6. The van der Waals surface area contributed by atoms with E-state index in [1.165, 1.54) is 55.3 Å². The first-order valence-electron chi connectivity index (χ1n) is 17.5. The molecule has 1 heterocycles. The van der Waals surface area contributed by atoms with Crippen LogP contribution >= 0.6 is 0 Å². The lowest BCUT2D eigenvalue weighted by Gasteiger charge is -2.34. The maximum absolute atomic E-state index is 6.09. The van der Waals surface area contributed by atoms with Crippen LogP contribution in [-0.4, -0.2) is 0 Å². The van der Waals surface area contributed by atoms with Crippen molar-refractivity contribution in [1.29, 1.82) is 0 Å². The molecule has 1 aliphatic carbocycles. The van der Waals surface area contributed by atoms with E-state index in [9.17, 15) is 0 Å². The quantitative estimate of drug-likeness (QED) is 0.184. The minimum Gasteiger partial charge on any atom is -0.465 e. The molecule has 0 radical (unpaired) electrons. The van der Waals surface area contributed by atoms with Gasteiger partial charge in [0.25, 0.3) is 0 Å². The Balaban J connectivity index is 1.14. The molecule has 0 N–H and O–H groups in total. The number of hydrogen-bond acceptors (Lipinski definition) is 2. The molecule has 8 aromatic rings. The zero-order chi connectivity index (χ0) is 33.8. The molecule has 51 heavy (non-hydrogen) atoms. The summed E-state index contributed by atoms with van der Waals surface area (Å²) in [6.45, 7) is 0. The fourth-order valence-corrected chi connectivity index (χ4v) is 8.25. The van der Waals surface area contributed by atoms with Crippen molar-refractivity contribution < 1.29 is 4.74 Å². The predicted molar refractivity (Wildman–Crippen MR) is 211 cm³/mol. The second-order valence-electron chi connectivity index (χ2n) is 13.3. The number of para-hydroxylation sites is 1. The first-order chi connectivity index (χ1) is 25.3. The summed E-state index contributed by atoms with van der Waals surface area (Å²) in [6, 6.07) is 67.9. The van der Waals surface area contributed by atoms with E-state index in [2.05, 4.69) is 193 Å². The number of allylic oxidation sites excluding steroid dienone is 1. The van der Waals surface area contributed by atoms with Gasteiger partial charge in [-0.15, -0.1) is 0 Å². The molecule has 10 rings (SSSR count). The zero-order valence-corrected chi connectivity index (χ0v) is 27.9. The van der Waals surface area contributed by atoms with Gasteiger partial charge < -0.3 is 9.64 Å². The summed E-state index contributed by atoms with van der Waals surface area (Å²) < 4.78 is 6.09. The molecule has 1 unspecified atom stereocenters. The SMILES string of the molecule is C1=CC2(c3ccccc3O1)c1ccccc1-c1ccc(N(c3ccc(-c4ccccc4)cc3)c3ccc(-c4cccc5ccccc45)cc3)cc12. The van der Waals surface area contributed by atoms with Crippen molar-refractivity contribution in [2.45, 2.75) is 5.41 Å². The van der Waals surface area contributed by atoms with E-state index in [-0.39, 0.29) is 0 Å². The zero-order valence-electron chi connectivity index (χ0n) is 27.9. The van der Waals surface area contributed by atoms with Crippen LogP contribution in [0.2, 0.25) is 0 Å². The summed E-state index contributed by atoms with van der Waals surface area (Å²) in [4.78, 5) is 2.38.